The lowest BCUT2D eigenvalue weighted by Crippen LogP contribution is -2.39. The van der Waals surface area contributed by atoms with Crippen molar-refractivity contribution in [1.82, 2.24) is 13.9 Å². The molecule has 6 nitrogen and oxygen atoms in total. The maximum atomic E-state index is 13.0. The Hall–Kier alpha value is -2.64. The minimum Gasteiger partial charge on any atom is -0.497 e. The van der Waals surface area contributed by atoms with Gasteiger partial charge in [-0.2, -0.15) is 4.31 Å². The van der Waals surface area contributed by atoms with Crippen LogP contribution in [-0.2, 0) is 16.6 Å². The molecule has 0 atom stereocenters. The Balaban J connectivity index is 1.42. The van der Waals surface area contributed by atoms with Crippen molar-refractivity contribution in [3.8, 4) is 17.1 Å². The number of rotatable bonds is 6. The zero-order valence-electron chi connectivity index (χ0n) is 16.4. The normalized spacial score (nSPS) is 16.0. The molecule has 0 spiro atoms. The molecule has 3 aromatic rings. The van der Waals surface area contributed by atoms with Crippen LogP contribution in [0.25, 0.3) is 11.4 Å². The topological polar surface area (TPSA) is 64.4 Å². The lowest BCUT2D eigenvalue weighted by atomic mass is 9.98. The zero-order valence-corrected chi connectivity index (χ0v) is 17.3. The SMILES string of the molecule is COc1cccc(S(=O)(=O)N2CCC(Cn3ccnc3-c3ccccc3)CC2)c1. The first kappa shape index (κ1) is 19.7. The van der Waals surface area contributed by atoms with E-state index in [-0.39, 0.29) is 4.90 Å². The third kappa shape index (κ3) is 4.21. The first-order valence-electron chi connectivity index (χ1n) is 9.78. The molecule has 152 valence electrons. The van der Waals surface area contributed by atoms with E-state index < -0.39 is 10.0 Å². The number of piperidine rings is 1. The van der Waals surface area contributed by atoms with E-state index in [1.165, 1.54) is 7.11 Å². The van der Waals surface area contributed by atoms with Crippen molar-refractivity contribution in [3.63, 3.8) is 0 Å². The predicted octanol–water partition coefficient (Wildman–Crippen LogP) is 3.66. The standard InChI is InChI=1S/C22H25N3O3S/c1-28-20-8-5-9-21(16-20)29(26,27)25-13-10-18(11-14-25)17-24-15-12-23-22(24)19-6-3-2-4-7-19/h2-9,12,15-16,18H,10-11,13-14,17H2,1H3. The van der Waals surface area contributed by atoms with Crippen LogP contribution < -0.4 is 4.74 Å². The first-order valence-corrected chi connectivity index (χ1v) is 11.2. The molecule has 0 saturated carbocycles. The van der Waals surface area contributed by atoms with Gasteiger partial charge in [0.1, 0.15) is 11.6 Å². The fraction of sp³-hybridized carbons (Fsp3) is 0.318. The number of imidazole rings is 1. The van der Waals surface area contributed by atoms with Crippen molar-refractivity contribution in [2.24, 2.45) is 5.92 Å². The number of ether oxygens (including phenoxy) is 1. The summed E-state index contributed by atoms with van der Waals surface area (Å²) in [6.45, 7) is 1.90. The van der Waals surface area contributed by atoms with Crippen LogP contribution in [0, 0.1) is 5.92 Å². The smallest absolute Gasteiger partial charge is 0.243 e. The van der Waals surface area contributed by atoms with Crippen molar-refractivity contribution in [2.75, 3.05) is 20.2 Å². The summed E-state index contributed by atoms with van der Waals surface area (Å²) in [6, 6.07) is 16.8. The second-order valence-corrected chi connectivity index (χ2v) is 9.23. The van der Waals surface area contributed by atoms with Crippen molar-refractivity contribution in [3.05, 3.63) is 67.0 Å². The van der Waals surface area contributed by atoms with Gasteiger partial charge in [0.05, 0.1) is 12.0 Å². The Bertz CT molecular complexity index is 1060. The molecular formula is C22H25N3O3S. The number of aromatic nitrogens is 2. The first-order chi connectivity index (χ1) is 14.1. The van der Waals surface area contributed by atoms with Gasteiger partial charge < -0.3 is 9.30 Å². The molecule has 1 aliphatic heterocycles. The third-order valence-electron chi connectivity index (χ3n) is 5.45. The van der Waals surface area contributed by atoms with Crippen molar-refractivity contribution in [1.29, 1.82) is 0 Å². The minimum absolute atomic E-state index is 0.288. The number of hydrogen-bond acceptors (Lipinski definition) is 4. The average molecular weight is 412 g/mol. The number of nitrogens with zero attached hydrogens (tertiary/aromatic N) is 3. The van der Waals surface area contributed by atoms with E-state index in [9.17, 15) is 8.42 Å². The van der Waals surface area contributed by atoms with Gasteiger partial charge in [0.15, 0.2) is 0 Å². The molecule has 1 aromatic heterocycles. The van der Waals surface area contributed by atoms with Crippen LogP contribution in [0.2, 0.25) is 0 Å². The van der Waals surface area contributed by atoms with Crippen LogP contribution in [0.5, 0.6) is 5.75 Å². The van der Waals surface area contributed by atoms with Crippen molar-refractivity contribution >= 4 is 10.0 Å². The zero-order chi connectivity index (χ0) is 20.3. The summed E-state index contributed by atoms with van der Waals surface area (Å²) in [5.74, 6) is 1.93. The van der Waals surface area contributed by atoms with Crippen LogP contribution in [0.15, 0.2) is 71.9 Å². The van der Waals surface area contributed by atoms with Gasteiger partial charge in [0, 0.05) is 43.7 Å². The third-order valence-corrected chi connectivity index (χ3v) is 7.35. The Morgan fingerprint density at radius 1 is 1.07 bits per heavy atom. The highest BCUT2D eigenvalue weighted by Crippen LogP contribution is 2.27. The van der Waals surface area contributed by atoms with Gasteiger partial charge in [-0.25, -0.2) is 13.4 Å². The van der Waals surface area contributed by atoms with Crippen molar-refractivity contribution in [2.45, 2.75) is 24.3 Å². The molecule has 1 fully saturated rings. The number of sulfonamides is 1. The Labute approximate surface area is 171 Å². The van der Waals surface area contributed by atoms with Gasteiger partial charge in [0.2, 0.25) is 10.0 Å². The van der Waals surface area contributed by atoms with Gasteiger partial charge in [0.25, 0.3) is 0 Å². The molecule has 0 N–H and O–H groups in total. The summed E-state index contributed by atoms with van der Waals surface area (Å²) in [4.78, 5) is 4.80. The number of methoxy groups -OCH3 is 1. The molecule has 0 bridgehead atoms. The van der Waals surface area contributed by atoms with Crippen LogP contribution in [0.3, 0.4) is 0 Å². The molecule has 0 aliphatic carbocycles. The molecule has 7 heteroatoms. The molecular weight excluding hydrogens is 386 g/mol. The summed E-state index contributed by atoms with van der Waals surface area (Å²) in [5.41, 5.74) is 1.09. The Kier molecular flexibility index (Phi) is 5.69. The van der Waals surface area contributed by atoms with Gasteiger partial charge in [-0.05, 0) is 30.9 Å². The van der Waals surface area contributed by atoms with Crippen LogP contribution in [0.1, 0.15) is 12.8 Å². The number of benzene rings is 2. The van der Waals surface area contributed by atoms with Gasteiger partial charge in [-0.15, -0.1) is 0 Å². The highest BCUT2D eigenvalue weighted by Gasteiger charge is 2.30. The summed E-state index contributed by atoms with van der Waals surface area (Å²) >= 11 is 0. The summed E-state index contributed by atoms with van der Waals surface area (Å²) in [6.07, 6.45) is 5.48. The number of hydrogen-bond donors (Lipinski definition) is 0. The summed E-state index contributed by atoms with van der Waals surface area (Å²) < 4.78 is 34.9. The average Bonchev–Trinajstić information content (AvgIpc) is 3.23. The molecule has 29 heavy (non-hydrogen) atoms. The van der Waals surface area contributed by atoms with Gasteiger partial charge in [-0.3, -0.25) is 0 Å². The van der Waals surface area contributed by atoms with Crippen LogP contribution in [0.4, 0.5) is 0 Å². The second-order valence-electron chi connectivity index (χ2n) is 7.30. The minimum atomic E-state index is -3.50. The molecule has 0 unspecified atom stereocenters. The maximum absolute atomic E-state index is 13.0. The fourth-order valence-corrected chi connectivity index (χ4v) is 5.33. The van der Waals surface area contributed by atoms with Crippen LogP contribution in [-0.4, -0.2) is 42.5 Å². The highest BCUT2D eigenvalue weighted by atomic mass is 32.2. The molecule has 2 aromatic carbocycles. The van der Waals surface area contributed by atoms with E-state index in [4.69, 9.17) is 4.74 Å². The van der Waals surface area contributed by atoms with E-state index >= 15 is 0 Å². The molecule has 1 saturated heterocycles. The monoisotopic (exact) mass is 411 g/mol. The van der Waals surface area contributed by atoms with E-state index in [2.05, 4.69) is 21.7 Å². The van der Waals surface area contributed by atoms with E-state index in [1.54, 1.807) is 28.6 Å². The summed E-state index contributed by atoms with van der Waals surface area (Å²) in [5, 5.41) is 0. The summed E-state index contributed by atoms with van der Waals surface area (Å²) in [7, 11) is -1.96. The Morgan fingerprint density at radius 3 is 2.55 bits per heavy atom. The largest absolute Gasteiger partial charge is 0.497 e. The fourth-order valence-electron chi connectivity index (χ4n) is 3.83. The Morgan fingerprint density at radius 2 is 1.83 bits per heavy atom. The van der Waals surface area contributed by atoms with Gasteiger partial charge >= 0.3 is 0 Å². The lowest BCUT2D eigenvalue weighted by Gasteiger charge is -2.31. The molecule has 0 radical (unpaired) electrons. The van der Waals surface area contributed by atoms with E-state index in [0.29, 0.717) is 24.8 Å². The van der Waals surface area contributed by atoms with E-state index in [1.807, 2.05) is 30.6 Å². The molecule has 4 rings (SSSR count). The second kappa shape index (κ2) is 8.39. The molecule has 1 aliphatic rings. The quantitative estimate of drug-likeness (QED) is 0.621. The molecule has 0 amide bonds. The van der Waals surface area contributed by atoms with Crippen molar-refractivity contribution < 1.29 is 13.2 Å². The highest BCUT2D eigenvalue weighted by molar-refractivity contribution is 7.89. The van der Waals surface area contributed by atoms with Crippen LogP contribution >= 0.6 is 0 Å². The van der Waals surface area contributed by atoms with Gasteiger partial charge in [-0.1, -0.05) is 36.4 Å². The van der Waals surface area contributed by atoms with E-state index in [0.717, 1.165) is 30.8 Å². The predicted molar refractivity (Wildman–Crippen MR) is 112 cm³/mol. The molecule has 2 heterocycles. The lowest BCUT2D eigenvalue weighted by molar-refractivity contribution is 0.253. The maximum Gasteiger partial charge on any atom is 0.243 e.